The predicted molar refractivity (Wildman–Crippen MR) is 120 cm³/mol. The minimum Gasteiger partial charge on any atom is -0.455 e. The Balaban J connectivity index is 1.39. The van der Waals surface area contributed by atoms with Gasteiger partial charge in [0.15, 0.2) is 5.76 Å². The Morgan fingerprint density at radius 3 is 2.34 bits per heavy atom. The van der Waals surface area contributed by atoms with Gasteiger partial charge >= 0.3 is 0 Å². The number of aryl methyl sites for hydroxylation is 2. The van der Waals surface area contributed by atoms with Crippen molar-refractivity contribution in [3.8, 4) is 0 Å². The van der Waals surface area contributed by atoms with Crippen LogP contribution in [0.1, 0.15) is 40.5 Å². The van der Waals surface area contributed by atoms with Crippen LogP contribution in [-0.4, -0.2) is 42.3 Å². The Morgan fingerprint density at radius 2 is 1.69 bits per heavy atom. The molecule has 0 atom stereocenters. The molecular weight excluding hydrogens is 430 g/mol. The lowest BCUT2D eigenvalue weighted by Crippen LogP contribution is -2.18. The van der Waals surface area contributed by atoms with Crippen LogP contribution >= 0.6 is 0 Å². The van der Waals surface area contributed by atoms with Crippen LogP contribution in [0.4, 0.5) is 11.6 Å². The van der Waals surface area contributed by atoms with E-state index in [-0.39, 0.29) is 16.6 Å². The molecule has 1 aliphatic rings. The highest BCUT2D eigenvalue weighted by atomic mass is 32.2. The van der Waals surface area contributed by atoms with Crippen molar-refractivity contribution in [2.45, 2.75) is 38.1 Å². The Morgan fingerprint density at radius 1 is 1.03 bits per heavy atom. The number of anilines is 2. The predicted octanol–water partition coefficient (Wildman–Crippen LogP) is 3.34. The quantitative estimate of drug-likeness (QED) is 0.561. The van der Waals surface area contributed by atoms with Crippen molar-refractivity contribution >= 4 is 27.6 Å². The highest BCUT2D eigenvalue weighted by molar-refractivity contribution is 7.92. The van der Waals surface area contributed by atoms with Gasteiger partial charge in [-0.1, -0.05) is 0 Å². The number of rotatable bonds is 7. The van der Waals surface area contributed by atoms with E-state index in [0.717, 1.165) is 18.8 Å². The molecule has 1 amide bonds. The van der Waals surface area contributed by atoms with Crippen LogP contribution in [0, 0.1) is 13.8 Å². The van der Waals surface area contributed by atoms with Crippen molar-refractivity contribution in [2.24, 2.45) is 0 Å². The molecule has 1 saturated heterocycles. The number of nitrogens with zero attached hydrogens (tertiary/aromatic N) is 3. The normalized spacial score (nSPS) is 14.4. The number of furan rings is 1. The molecule has 2 N–H and O–H groups in total. The van der Waals surface area contributed by atoms with Gasteiger partial charge < -0.3 is 9.73 Å². The largest absolute Gasteiger partial charge is 0.455 e. The molecule has 1 fully saturated rings. The van der Waals surface area contributed by atoms with Gasteiger partial charge in [0.25, 0.3) is 15.9 Å². The second kappa shape index (κ2) is 9.09. The van der Waals surface area contributed by atoms with E-state index in [0.29, 0.717) is 23.6 Å². The second-order valence-electron chi connectivity index (χ2n) is 7.81. The first-order valence-electron chi connectivity index (χ1n) is 10.4. The molecule has 9 nitrogen and oxygen atoms in total. The lowest BCUT2D eigenvalue weighted by atomic mass is 10.3. The molecule has 3 aromatic rings. The number of hydrogen-bond acceptors (Lipinski definition) is 7. The van der Waals surface area contributed by atoms with Crippen LogP contribution in [0.2, 0.25) is 0 Å². The molecule has 0 radical (unpaired) electrons. The smallest absolute Gasteiger partial charge is 0.291 e. The van der Waals surface area contributed by atoms with E-state index < -0.39 is 15.9 Å². The van der Waals surface area contributed by atoms with Crippen LogP contribution < -0.4 is 10.0 Å². The summed E-state index contributed by atoms with van der Waals surface area (Å²) in [5.41, 5.74) is 1.78. The summed E-state index contributed by atoms with van der Waals surface area (Å²) in [6.07, 6.45) is 2.37. The summed E-state index contributed by atoms with van der Waals surface area (Å²) in [5, 5.41) is 2.72. The lowest BCUT2D eigenvalue weighted by Gasteiger charge is -2.11. The Labute approximate surface area is 186 Å². The van der Waals surface area contributed by atoms with Crippen molar-refractivity contribution < 1.29 is 17.6 Å². The molecule has 32 heavy (non-hydrogen) atoms. The zero-order chi connectivity index (χ0) is 22.7. The van der Waals surface area contributed by atoms with Crippen molar-refractivity contribution in [2.75, 3.05) is 23.1 Å². The molecule has 2 aromatic heterocycles. The van der Waals surface area contributed by atoms with E-state index >= 15 is 0 Å². The fraction of sp³-hybridized carbons (Fsp3) is 0.318. The van der Waals surface area contributed by atoms with Gasteiger partial charge in [-0.15, -0.1) is 0 Å². The number of hydrogen-bond donors (Lipinski definition) is 2. The number of nitrogens with one attached hydrogen (secondary N) is 2. The van der Waals surface area contributed by atoms with E-state index in [4.69, 9.17) is 4.42 Å². The number of sulfonamides is 1. The Kier molecular flexibility index (Phi) is 6.24. The van der Waals surface area contributed by atoms with Crippen LogP contribution in [0.25, 0.3) is 0 Å². The van der Waals surface area contributed by atoms with Crippen molar-refractivity contribution in [1.29, 1.82) is 0 Å². The monoisotopic (exact) mass is 455 g/mol. The van der Waals surface area contributed by atoms with Gasteiger partial charge in [-0.3, -0.25) is 9.69 Å². The number of amides is 1. The summed E-state index contributed by atoms with van der Waals surface area (Å²) >= 11 is 0. The van der Waals surface area contributed by atoms with Gasteiger partial charge in [0.1, 0.15) is 5.76 Å². The van der Waals surface area contributed by atoms with Crippen molar-refractivity contribution in [3.05, 3.63) is 65.4 Å². The van der Waals surface area contributed by atoms with Gasteiger partial charge in [0, 0.05) is 17.1 Å². The standard InChI is InChI=1S/C22H25N5O4S/c1-15-13-16(2)24-22(23-15)26-32(29,30)19-8-5-17(6-9-19)25-21(28)20-10-7-18(31-20)14-27-11-3-4-12-27/h5-10,13H,3-4,11-12,14H2,1-2H3,(H,25,28)(H,23,24,26). The Hall–Kier alpha value is -3.24. The topological polar surface area (TPSA) is 117 Å². The average molecular weight is 456 g/mol. The van der Waals surface area contributed by atoms with Gasteiger partial charge in [-0.05, 0) is 82.2 Å². The minimum atomic E-state index is -3.86. The Bertz CT molecular complexity index is 1200. The highest BCUT2D eigenvalue weighted by Gasteiger charge is 2.18. The average Bonchev–Trinajstić information content (AvgIpc) is 3.40. The first kappa shape index (κ1) is 22.0. The summed E-state index contributed by atoms with van der Waals surface area (Å²) in [6.45, 7) is 6.30. The molecule has 168 valence electrons. The fourth-order valence-corrected chi connectivity index (χ4v) is 4.55. The highest BCUT2D eigenvalue weighted by Crippen LogP contribution is 2.19. The van der Waals surface area contributed by atoms with Crippen LogP contribution in [0.5, 0.6) is 0 Å². The summed E-state index contributed by atoms with van der Waals surface area (Å²) in [5.74, 6) is 0.583. The third-order valence-electron chi connectivity index (χ3n) is 5.09. The molecule has 3 heterocycles. The zero-order valence-corrected chi connectivity index (χ0v) is 18.8. The maximum atomic E-state index is 12.6. The van der Waals surface area contributed by atoms with Crippen molar-refractivity contribution in [1.82, 2.24) is 14.9 Å². The first-order valence-corrected chi connectivity index (χ1v) is 11.8. The molecule has 1 aliphatic heterocycles. The fourth-order valence-electron chi connectivity index (χ4n) is 3.61. The van der Waals surface area contributed by atoms with Crippen LogP contribution in [0.15, 0.2) is 51.8 Å². The molecule has 1 aromatic carbocycles. The first-order chi connectivity index (χ1) is 15.3. The van der Waals surface area contributed by atoms with Crippen LogP contribution in [0.3, 0.4) is 0 Å². The zero-order valence-electron chi connectivity index (χ0n) is 18.0. The number of carbonyl (C=O) groups excluding carboxylic acids is 1. The van der Waals surface area contributed by atoms with E-state index in [1.165, 1.54) is 37.1 Å². The third kappa shape index (κ3) is 5.32. The molecule has 0 aliphatic carbocycles. The van der Waals surface area contributed by atoms with E-state index in [1.54, 1.807) is 26.0 Å². The number of aromatic nitrogens is 2. The SMILES string of the molecule is Cc1cc(C)nc(NS(=O)(=O)c2ccc(NC(=O)c3ccc(CN4CCCC4)o3)cc2)n1. The van der Waals surface area contributed by atoms with Crippen LogP contribution in [-0.2, 0) is 16.6 Å². The summed E-state index contributed by atoms with van der Waals surface area (Å²) in [4.78, 5) is 23.0. The minimum absolute atomic E-state index is 0.0161. The number of likely N-dealkylation sites (tertiary alicyclic amines) is 1. The molecule has 0 bridgehead atoms. The van der Waals surface area contributed by atoms with Gasteiger partial charge in [0.2, 0.25) is 5.95 Å². The maximum absolute atomic E-state index is 12.6. The molecule has 4 rings (SSSR count). The lowest BCUT2D eigenvalue weighted by molar-refractivity contribution is 0.0993. The third-order valence-corrected chi connectivity index (χ3v) is 6.44. The van der Waals surface area contributed by atoms with E-state index in [2.05, 4.69) is 24.9 Å². The summed E-state index contributed by atoms with van der Waals surface area (Å²) < 4.78 is 33.3. The van der Waals surface area contributed by atoms with E-state index in [9.17, 15) is 13.2 Å². The second-order valence-corrected chi connectivity index (χ2v) is 9.49. The summed E-state index contributed by atoms with van der Waals surface area (Å²) in [7, 11) is -3.86. The van der Waals surface area contributed by atoms with Gasteiger partial charge in [0.05, 0.1) is 11.4 Å². The molecule has 10 heteroatoms. The van der Waals surface area contributed by atoms with Gasteiger partial charge in [-0.2, -0.15) is 0 Å². The molecule has 0 unspecified atom stereocenters. The van der Waals surface area contributed by atoms with Crippen molar-refractivity contribution in [3.63, 3.8) is 0 Å². The molecule has 0 saturated carbocycles. The number of benzene rings is 1. The molecular formula is C22H25N5O4S. The molecule has 0 spiro atoms. The maximum Gasteiger partial charge on any atom is 0.291 e. The van der Waals surface area contributed by atoms with E-state index in [1.807, 2.05) is 6.07 Å². The number of carbonyl (C=O) groups is 1. The summed E-state index contributed by atoms with van der Waals surface area (Å²) in [6, 6.07) is 11.1. The van der Waals surface area contributed by atoms with Gasteiger partial charge in [-0.25, -0.2) is 23.1 Å².